The van der Waals surface area contributed by atoms with Gasteiger partial charge in [-0.3, -0.25) is 4.98 Å². The number of hydrogen-bond acceptors (Lipinski definition) is 8. The van der Waals surface area contributed by atoms with E-state index >= 15 is 0 Å². The largest absolute Gasteiger partial charge is 0.497 e. The lowest BCUT2D eigenvalue weighted by molar-refractivity contribution is 0.405. The molecule has 0 radical (unpaired) electrons. The van der Waals surface area contributed by atoms with Crippen molar-refractivity contribution in [3.05, 3.63) is 66.6 Å². The third-order valence-corrected chi connectivity index (χ3v) is 4.39. The second-order valence-electron chi connectivity index (χ2n) is 6.33. The summed E-state index contributed by atoms with van der Waals surface area (Å²) >= 11 is 0. The number of methoxy groups -OCH3 is 2. The monoisotopic (exact) mass is 403 g/mol. The molecule has 3 heterocycles. The average Bonchev–Trinajstić information content (AvgIpc) is 3.27. The van der Waals surface area contributed by atoms with E-state index in [-0.39, 0.29) is 0 Å². The molecule has 0 spiro atoms. The second-order valence-corrected chi connectivity index (χ2v) is 6.33. The zero-order chi connectivity index (χ0) is 20.8. The first kappa shape index (κ1) is 19.2. The molecule has 30 heavy (non-hydrogen) atoms. The maximum atomic E-state index is 5.40. The minimum atomic E-state index is 0.471. The molecule has 3 aromatic heterocycles. The zero-order valence-corrected chi connectivity index (χ0v) is 16.6. The lowest BCUT2D eigenvalue weighted by Crippen LogP contribution is -2.03. The smallest absolute Gasteiger partial charge is 0.226 e. The van der Waals surface area contributed by atoms with Gasteiger partial charge < -0.3 is 25.1 Å². The Hall–Kier alpha value is -4.14. The van der Waals surface area contributed by atoms with Crippen molar-refractivity contribution in [2.75, 3.05) is 24.9 Å². The van der Waals surface area contributed by atoms with Gasteiger partial charge >= 0.3 is 0 Å². The van der Waals surface area contributed by atoms with Crippen LogP contribution in [-0.2, 0) is 6.54 Å². The highest BCUT2D eigenvalue weighted by molar-refractivity contribution is 5.71. The summed E-state index contributed by atoms with van der Waals surface area (Å²) in [5.41, 5.74) is 2.57. The number of aromatic nitrogens is 5. The summed E-state index contributed by atoms with van der Waals surface area (Å²) in [7, 11) is 3.22. The lowest BCUT2D eigenvalue weighted by atomic mass is 10.2. The molecule has 0 aliphatic carbocycles. The molecule has 0 saturated carbocycles. The molecule has 0 unspecified atom stereocenters. The van der Waals surface area contributed by atoms with Crippen LogP contribution in [0.1, 0.15) is 5.56 Å². The fourth-order valence-corrected chi connectivity index (χ4v) is 2.90. The third-order valence-electron chi connectivity index (χ3n) is 4.39. The van der Waals surface area contributed by atoms with Gasteiger partial charge in [-0.05, 0) is 35.9 Å². The van der Waals surface area contributed by atoms with Gasteiger partial charge in [0.1, 0.15) is 17.3 Å². The Balaban J connectivity index is 1.55. The van der Waals surface area contributed by atoms with Gasteiger partial charge in [-0.15, -0.1) is 10.2 Å². The SMILES string of the molecule is COc1ccc(OC)c(Nc2nnc(-c3cccnc3NCc3cccnc3)[nH]2)c1. The van der Waals surface area contributed by atoms with Crippen LogP contribution in [0.15, 0.2) is 61.1 Å². The van der Waals surface area contributed by atoms with Crippen molar-refractivity contribution in [2.24, 2.45) is 0 Å². The van der Waals surface area contributed by atoms with E-state index in [4.69, 9.17) is 9.47 Å². The minimum Gasteiger partial charge on any atom is -0.497 e. The molecule has 0 amide bonds. The summed E-state index contributed by atoms with van der Waals surface area (Å²) in [5.74, 6) is 3.11. The van der Waals surface area contributed by atoms with Crippen LogP contribution in [-0.4, -0.2) is 39.4 Å². The molecular weight excluding hydrogens is 382 g/mol. The van der Waals surface area contributed by atoms with Crippen molar-refractivity contribution in [2.45, 2.75) is 6.54 Å². The molecule has 4 rings (SSSR count). The summed E-state index contributed by atoms with van der Waals surface area (Å²) in [5, 5.41) is 15.0. The van der Waals surface area contributed by atoms with Gasteiger partial charge in [-0.2, -0.15) is 0 Å². The fraction of sp³-hybridized carbons (Fsp3) is 0.143. The first-order valence-corrected chi connectivity index (χ1v) is 9.26. The van der Waals surface area contributed by atoms with Crippen LogP contribution < -0.4 is 20.1 Å². The summed E-state index contributed by atoms with van der Waals surface area (Å²) in [4.78, 5) is 11.8. The Kier molecular flexibility index (Phi) is 5.70. The Morgan fingerprint density at radius 3 is 2.70 bits per heavy atom. The van der Waals surface area contributed by atoms with Crippen molar-refractivity contribution in [3.63, 3.8) is 0 Å². The normalized spacial score (nSPS) is 10.5. The molecule has 0 saturated heterocycles. The van der Waals surface area contributed by atoms with Gasteiger partial charge in [-0.25, -0.2) is 4.98 Å². The van der Waals surface area contributed by atoms with Crippen LogP contribution in [0.5, 0.6) is 11.5 Å². The highest BCUT2D eigenvalue weighted by Gasteiger charge is 2.13. The summed E-state index contributed by atoms with van der Waals surface area (Å²) in [6, 6.07) is 13.1. The van der Waals surface area contributed by atoms with E-state index in [1.165, 1.54) is 0 Å². The first-order chi connectivity index (χ1) is 14.8. The molecule has 9 nitrogen and oxygen atoms in total. The van der Waals surface area contributed by atoms with E-state index < -0.39 is 0 Å². The average molecular weight is 403 g/mol. The number of nitrogens with zero attached hydrogens (tertiary/aromatic N) is 4. The quantitative estimate of drug-likeness (QED) is 0.409. The fourth-order valence-electron chi connectivity index (χ4n) is 2.90. The molecule has 0 fully saturated rings. The van der Waals surface area contributed by atoms with E-state index in [1.54, 1.807) is 26.6 Å². The van der Waals surface area contributed by atoms with E-state index in [0.717, 1.165) is 11.1 Å². The minimum absolute atomic E-state index is 0.471. The third kappa shape index (κ3) is 4.30. The number of rotatable bonds is 8. The van der Waals surface area contributed by atoms with E-state index in [1.807, 2.05) is 48.7 Å². The van der Waals surface area contributed by atoms with Gasteiger partial charge in [0.25, 0.3) is 0 Å². The first-order valence-electron chi connectivity index (χ1n) is 9.26. The molecule has 9 heteroatoms. The summed E-state index contributed by atoms with van der Waals surface area (Å²) < 4.78 is 10.7. The number of hydrogen-bond donors (Lipinski definition) is 3. The molecule has 0 atom stereocenters. The maximum absolute atomic E-state index is 5.40. The number of pyridine rings is 2. The second kappa shape index (κ2) is 8.91. The van der Waals surface area contributed by atoms with Crippen molar-refractivity contribution in [1.29, 1.82) is 0 Å². The Bertz CT molecular complexity index is 1120. The summed E-state index contributed by atoms with van der Waals surface area (Å²) in [6.07, 6.45) is 5.29. The van der Waals surface area contributed by atoms with Crippen LogP contribution in [0.2, 0.25) is 0 Å². The number of aromatic amines is 1. The van der Waals surface area contributed by atoms with Crippen LogP contribution in [0.25, 0.3) is 11.4 Å². The maximum Gasteiger partial charge on any atom is 0.226 e. The van der Waals surface area contributed by atoms with E-state index in [9.17, 15) is 0 Å². The highest BCUT2D eigenvalue weighted by atomic mass is 16.5. The number of H-pyrrole nitrogens is 1. The number of ether oxygens (including phenoxy) is 2. The van der Waals surface area contributed by atoms with Gasteiger partial charge in [0, 0.05) is 31.2 Å². The Morgan fingerprint density at radius 2 is 1.90 bits per heavy atom. The summed E-state index contributed by atoms with van der Waals surface area (Å²) in [6.45, 7) is 0.595. The van der Waals surface area contributed by atoms with Gasteiger partial charge in [0.2, 0.25) is 5.95 Å². The highest BCUT2D eigenvalue weighted by Crippen LogP contribution is 2.31. The van der Waals surface area contributed by atoms with E-state index in [2.05, 4.69) is 35.8 Å². The zero-order valence-electron chi connectivity index (χ0n) is 16.6. The van der Waals surface area contributed by atoms with Crippen molar-refractivity contribution in [1.82, 2.24) is 25.1 Å². The standard InChI is InChI=1S/C21H21N7O2/c1-29-15-7-8-18(30-2)17(11-15)25-21-26-20(27-28-21)16-6-4-10-23-19(16)24-13-14-5-3-9-22-12-14/h3-12H,13H2,1-2H3,(H,23,24)(H2,25,26,27,28). The van der Waals surface area contributed by atoms with Crippen LogP contribution in [0.4, 0.5) is 17.5 Å². The molecule has 0 bridgehead atoms. The lowest BCUT2D eigenvalue weighted by Gasteiger charge is -2.10. The predicted molar refractivity (Wildman–Crippen MR) is 114 cm³/mol. The van der Waals surface area contributed by atoms with Crippen molar-refractivity contribution in [3.8, 4) is 22.9 Å². The molecule has 152 valence electrons. The molecular formula is C21H21N7O2. The predicted octanol–water partition coefficient (Wildman–Crippen LogP) is 3.63. The molecule has 3 N–H and O–H groups in total. The Morgan fingerprint density at radius 1 is 1.00 bits per heavy atom. The van der Waals surface area contributed by atoms with Crippen LogP contribution >= 0.6 is 0 Å². The Labute approximate surface area is 173 Å². The van der Waals surface area contributed by atoms with Crippen molar-refractivity contribution >= 4 is 17.5 Å². The molecule has 0 aliphatic rings. The van der Waals surface area contributed by atoms with E-state index in [0.29, 0.717) is 41.3 Å². The topological polar surface area (TPSA) is 110 Å². The van der Waals surface area contributed by atoms with Crippen LogP contribution in [0.3, 0.4) is 0 Å². The molecule has 4 aromatic rings. The van der Waals surface area contributed by atoms with Crippen LogP contribution in [0, 0.1) is 0 Å². The number of nitrogens with one attached hydrogen (secondary N) is 3. The molecule has 0 aliphatic heterocycles. The van der Waals surface area contributed by atoms with Gasteiger partial charge in [0.05, 0.1) is 25.5 Å². The van der Waals surface area contributed by atoms with Crippen molar-refractivity contribution < 1.29 is 9.47 Å². The molecule has 1 aromatic carbocycles. The van der Waals surface area contributed by atoms with Gasteiger partial charge in [0.15, 0.2) is 5.82 Å². The number of benzene rings is 1. The van der Waals surface area contributed by atoms with Gasteiger partial charge in [-0.1, -0.05) is 6.07 Å². The number of anilines is 3.